The number of amides is 1. The van der Waals surface area contributed by atoms with Crippen molar-refractivity contribution in [3.63, 3.8) is 0 Å². The highest BCUT2D eigenvalue weighted by Crippen LogP contribution is 2.16. The van der Waals surface area contributed by atoms with Gasteiger partial charge in [-0.25, -0.2) is 0 Å². The predicted molar refractivity (Wildman–Crippen MR) is 118 cm³/mol. The van der Waals surface area contributed by atoms with E-state index >= 15 is 0 Å². The first-order valence-electron chi connectivity index (χ1n) is 9.64. The molecule has 0 atom stereocenters. The zero-order valence-corrected chi connectivity index (χ0v) is 17.2. The van der Waals surface area contributed by atoms with Crippen LogP contribution >= 0.6 is 0 Å². The van der Waals surface area contributed by atoms with Crippen LogP contribution in [0.5, 0.6) is 0 Å². The Bertz CT molecular complexity index is 1260. The molecule has 1 heterocycles. The van der Waals surface area contributed by atoms with Crippen LogP contribution in [0.3, 0.4) is 0 Å². The van der Waals surface area contributed by atoms with Crippen LogP contribution in [0.15, 0.2) is 76.8 Å². The van der Waals surface area contributed by atoms with E-state index in [2.05, 4.69) is 4.99 Å². The van der Waals surface area contributed by atoms with Crippen molar-refractivity contribution in [2.45, 2.75) is 12.7 Å². The number of fused-ring (bicyclic) bond motifs is 1. The van der Waals surface area contributed by atoms with Crippen LogP contribution in [0.25, 0.3) is 10.8 Å². The molecule has 3 aromatic rings. The number of nitrogens with zero attached hydrogens (tertiary/aromatic N) is 2. The first-order valence-corrected chi connectivity index (χ1v) is 9.64. The number of benzene rings is 2. The summed E-state index contributed by atoms with van der Waals surface area (Å²) in [6, 6.07) is 13.3. The summed E-state index contributed by atoms with van der Waals surface area (Å²) in [6.45, 7) is -1.25. The van der Waals surface area contributed by atoms with Gasteiger partial charge >= 0.3 is 6.18 Å². The van der Waals surface area contributed by atoms with Gasteiger partial charge in [0.05, 0.1) is 12.3 Å². The standard InChI is InChI=1S/C23H21F3N4O2/c1-28-20(7-9-27)17-5-6-19-16(12-17)8-10-30(22(19)32)13-15-3-2-4-18(11-15)21(31)29-14-23(24,25)26/h2-12H,13-14,27H2,1H3,(H,29,31)/b9-7-,28-20?. The third kappa shape index (κ3) is 5.42. The van der Waals surface area contributed by atoms with Crippen LogP contribution in [0.4, 0.5) is 13.2 Å². The molecule has 0 aliphatic rings. The van der Waals surface area contributed by atoms with E-state index in [1.54, 1.807) is 49.7 Å². The van der Waals surface area contributed by atoms with Crippen molar-refractivity contribution in [1.82, 2.24) is 9.88 Å². The van der Waals surface area contributed by atoms with E-state index in [-0.39, 0.29) is 17.7 Å². The molecule has 1 aromatic heterocycles. The van der Waals surface area contributed by atoms with Crippen LogP contribution in [0, 0.1) is 0 Å². The lowest BCUT2D eigenvalue weighted by molar-refractivity contribution is -0.123. The first kappa shape index (κ1) is 22.8. The number of aromatic nitrogens is 1. The Kier molecular flexibility index (Phi) is 6.77. The van der Waals surface area contributed by atoms with E-state index in [4.69, 9.17) is 5.73 Å². The lowest BCUT2D eigenvalue weighted by atomic mass is 10.0. The molecule has 0 radical (unpaired) electrons. The maximum atomic E-state index is 12.9. The van der Waals surface area contributed by atoms with E-state index in [1.807, 2.05) is 11.4 Å². The molecule has 0 unspecified atom stereocenters. The summed E-state index contributed by atoms with van der Waals surface area (Å²) in [6.07, 6.45) is 0.199. The first-order chi connectivity index (χ1) is 15.2. The summed E-state index contributed by atoms with van der Waals surface area (Å²) in [5.41, 5.74) is 7.41. The number of carbonyl (C=O) groups is 1. The lowest BCUT2D eigenvalue weighted by Gasteiger charge is -2.11. The summed E-state index contributed by atoms with van der Waals surface area (Å²) in [5.74, 6) is -0.831. The normalized spacial score (nSPS) is 12.4. The van der Waals surface area contributed by atoms with Crippen LogP contribution in [0.2, 0.25) is 0 Å². The average Bonchev–Trinajstić information content (AvgIpc) is 2.77. The van der Waals surface area contributed by atoms with Crippen molar-refractivity contribution in [2.75, 3.05) is 13.6 Å². The summed E-state index contributed by atoms with van der Waals surface area (Å²) < 4.78 is 38.5. The van der Waals surface area contributed by atoms with E-state index in [9.17, 15) is 22.8 Å². The number of alkyl halides is 3. The van der Waals surface area contributed by atoms with Gasteiger partial charge < -0.3 is 15.6 Å². The topological polar surface area (TPSA) is 89.5 Å². The minimum absolute atomic E-state index is 0.0876. The van der Waals surface area contributed by atoms with Gasteiger partial charge in [-0.15, -0.1) is 0 Å². The van der Waals surface area contributed by atoms with E-state index in [1.165, 1.54) is 22.9 Å². The Labute approximate surface area is 181 Å². The monoisotopic (exact) mass is 442 g/mol. The molecular weight excluding hydrogens is 421 g/mol. The van der Waals surface area contributed by atoms with Crippen LogP contribution in [-0.4, -0.2) is 36.0 Å². The second-order valence-corrected chi connectivity index (χ2v) is 7.02. The second kappa shape index (κ2) is 9.51. The van der Waals surface area contributed by atoms with E-state index < -0.39 is 18.6 Å². The average molecular weight is 442 g/mol. The fourth-order valence-electron chi connectivity index (χ4n) is 3.25. The number of aliphatic imine (C=N–C) groups is 1. The van der Waals surface area contributed by atoms with Gasteiger partial charge in [-0.3, -0.25) is 14.6 Å². The van der Waals surface area contributed by atoms with Gasteiger partial charge in [-0.05, 0) is 53.6 Å². The van der Waals surface area contributed by atoms with Crippen molar-refractivity contribution < 1.29 is 18.0 Å². The van der Waals surface area contributed by atoms with Crippen molar-refractivity contribution in [3.8, 4) is 0 Å². The minimum atomic E-state index is -4.49. The molecule has 0 aliphatic heterocycles. The van der Waals surface area contributed by atoms with E-state index in [0.717, 1.165) is 10.9 Å². The number of nitrogens with one attached hydrogen (secondary N) is 1. The van der Waals surface area contributed by atoms with Crippen molar-refractivity contribution >= 4 is 22.4 Å². The number of allylic oxidation sites excluding steroid dienone is 1. The molecule has 6 nitrogen and oxygen atoms in total. The zero-order chi connectivity index (χ0) is 23.3. The third-order valence-corrected chi connectivity index (χ3v) is 4.76. The van der Waals surface area contributed by atoms with Gasteiger partial charge in [0.2, 0.25) is 0 Å². The number of hydrogen-bond acceptors (Lipinski definition) is 4. The summed E-state index contributed by atoms with van der Waals surface area (Å²) >= 11 is 0. The van der Waals surface area contributed by atoms with Crippen LogP contribution in [-0.2, 0) is 6.54 Å². The number of halogens is 3. The van der Waals surface area contributed by atoms with Gasteiger partial charge in [-0.2, -0.15) is 13.2 Å². The second-order valence-electron chi connectivity index (χ2n) is 7.02. The molecule has 0 saturated carbocycles. The van der Waals surface area contributed by atoms with Gasteiger partial charge in [0.1, 0.15) is 6.54 Å². The highest BCUT2D eigenvalue weighted by Gasteiger charge is 2.27. The third-order valence-electron chi connectivity index (χ3n) is 4.76. The summed E-state index contributed by atoms with van der Waals surface area (Å²) in [4.78, 5) is 29.1. The Morgan fingerprint density at radius 2 is 1.94 bits per heavy atom. The SMILES string of the molecule is CN=C(/C=C\N)c1ccc2c(=O)n(Cc3cccc(C(=O)NCC(F)(F)F)c3)ccc2c1. The Morgan fingerprint density at radius 3 is 2.62 bits per heavy atom. The maximum absolute atomic E-state index is 12.9. The quantitative estimate of drug-likeness (QED) is 0.575. The minimum Gasteiger partial charge on any atom is -0.405 e. The molecule has 0 bridgehead atoms. The molecule has 3 N–H and O–H groups in total. The highest BCUT2D eigenvalue weighted by atomic mass is 19.4. The molecule has 0 fully saturated rings. The van der Waals surface area contributed by atoms with Crippen LogP contribution in [0.1, 0.15) is 21.5 Å². The number of carbonyl (C=O) groups excluding carboxylic acids is 1. The lowest BCUT2D eigenvalue weighted by Crippen LogP contribution is -2.33. The van der Waals surface area contributed by atoms with Crippen molar-refractivity contribution in [2.24, 2.45) is 10.7 Å². The molecule has 2 aromatic carbocycles. The molecule has 3 rings (SSSR count). The number of pyridine rings is 1. The molecule has 0 spiro atoms. The molecule has 166 valence electrons. The Morgan fingerprint density at radius 1 is 1.16 bits per heavy atom. The summed E-state index contributed by atoms with van der Waals surface area (Å²) in [5, 5.41) is 3.07. The molecular formula is C23H21F3N4O2. The number of hydrogen-bond donors (Lipinski definition) is 2. The maximum Gasteiger partial charge on any atom is 0.405 e. The number of rotatable bonds is 6. The molecule has 9 heteroatoms. The zero-order valence-electron chi connectivity index (χ0n) is 17.2. The van der Waals surface area contributed by atoms with Gasteiger partial charge in [0.15, 0.2) is 0 Å². The fraction of sp³-hybridized carbons (Fsp3) is 0.174. The van der Waals surface area contributed by atoms with Crippen molar-refractivity contribution in [3.05, 3.63) is 94.0 Å². The van der Waals surface area contributed by atoms with Gasteiger partial charge in [0.25, 0.3) is 11.5 Å². The number of nitrogens with two attached hydrogens (primary N) is 1. The highest BCUT2D eigenvalue weighted by molar-refractivity contribution is 6.10. The molecule has 32 heavy (non-hydrogen) atoms. The van der Waals surface area contributed by atoms with Gasteiger partial charge in [0, 0.05) is 29.8 Å². The predicted octanol–water partition coefficient (Wildman–Crippen LogP) is 3.23. The van der Waals surface area contributed by atoms with E-state index in [0.29, 0.717) is 16.7 Å². The molecule has 0 aliphatic carbocycles. The summed E-state index contributed by atoms with van der Waals surface area (Å²) in [7, 11) is 1.65. The molecule has 1 amide bonds. The Balaban J connectivity index is 1.86. The smallest absolute Gasteiger partial charge is 0.405 e. The van der Waals surface area contributed by atoms with Gasteiger partial charge in [-0.1, -0.05) is 18.2 Å². The largest absolute Gasteiger partial charge is 0.405 e. The van der Waals surface area contributed by atoms with Crippen LogP contribution < -0.4 is 16.6 Å². The molecule has 0 saturated heterocycles. The van der Waals surface area contributed by atoms with Crippen molar-refractivity contribution in [1.29, 1.82) is 0 Å². The fourth-order valence-corrected chi connectivity index (χ4v) is 3.25. The Hall–Kier alpha value is -3.88.